The molecule has 1 N–H and O–H groups in total. The summed E-state index contributed by atoms with van der Waals surface area (Å²) in [4.78, 5) is 14.2. The number of para-hydroxylation sites is 1. The second-order valence-corrected chi connectivity index (χ2v) is 5.49. The minimum absolute atomic E-state index is 0.0193. The van der Waals surface area contributed by atoms with Gasteiger partial charge in [-0.3, -0.25) is 4.79 Å². The first-order valence-corrected chi connectivity index (χ1v) is 7.33. The highest BCUT2D eigenvalue weighted by Gasteiger charge is 2.20. The number of hydrogen-bond acceptors (Lipinski definition) is 3. The SMILES string of the molecule is CN(CC1CCCN1)C(=O)c1cnn(-c2ccccc2)c1. The fraction of sp³-hybridized carbons (Fsp3) is 0.375. The molecule has 0 bridgehead atoms. The summed E-state index contributed by atoms with van der Waals surface area (Å²) in [6.45, 7) is 1.80. The fourth-order valence-corrected chi connectivity index (χ4v) is 2.70. The van der Waals surface area contributed by atoms with Gasteiger partial charge in [-0.1, -0.05) is 18.2 Å². The molecule has 1 aromatic heterocycles. The van der Waals surface area contributed by atoms with Crippen LogP contribution >= 0.6 is 0 Å². The molecule has 2 heterocycles. The van der Waals surface area contributed by atoms with E-state index in [1.165, 1.54) is 6.42 Å². The summed E-state index contributed by atoms with van der Waals surface area (Å²) in [7, 11) is 1.85. The maximum atomic E-state index is 12.4. The predicted molar refractivity (Wildman–Crippen MR) is 81.5 cm³/mol. The molecule has 5 heteroatoms. The highest BCUT2D eigenvalue weighted by molar-refractivity contribution is 5.93. The number of nitrogens with zero attached hydrogens (tertiary/aromatic N) is 3. The Labute approximate surface area is 124 Å². The lowest BCUT2D eigenvalue weighted by atomic mass is 10.2. The van der Waals surface area contributed by atoms with Gasteiger partial charge in [0.1, 0.15) is 0 Å². The van der Waals surface area contributed by atoms with Crippen LogP contribution in [-0.2, 0) is 0 Å². The largest absolute Gasteiger partial charge is 0.340 e. The Hall–Kier alpha value is -2.14. The molecule has 21 heavy (non-hydrogen) atoms. The van der Waals surface area contributed by atoms with Crippen molar-refractivity contribution < 1.29 is 4.79 Å². The zero-order valence-corrected chi connectivity index (χ0v) is 12.2. The minimum atomic E-state index is 0.0193. The zero-order chi connectivity index (χ0) is 14.7. The maximum Gasteiger partial charge on any atom is 0.256 e. The molecular weight excluding hydrogens is 264 g/mol. The Balaban J connectivity index is 1.69. The summed E-state index contributed by atoms with van der Waals surface area (Å²) in [6.07, 6.45) is 5.75. The first-order chi connectivity index (χ1) is 10.2. The highest BCUT2D eigenvalue weighted by atomic mass is 16.2. The van der Waals surface area contributed by atoms with Crippen molar-refractivity contribution in [2.75, 3.05) is 20.1 Å². The highest BCUT2D eigenvalue weighted by Crippen LogP contribution is 2.11. The summed E-state index contributed by atoms with van der Waals surface area (Å²) in [5.41, 5.74) is 1.58. The number of benzene rings is 1. The average molecular weight is 284 g/mol. The van der Waals surface area contributed by atoms with Crippen molar-refractivity contribution >= 4 is 5.91 Å². The van der Waals surface area contributed by atoms with Crippen LogP contribution < -0.4 is 5.32 Å². The van der Waals surface area contributed by atoms with E-state index in [4.69, 9.17) is 0 Å². The van der Waals surface area contributed by atoms with Gasteiger partial charge in [0.25, 0.3) is 5.91 Å². The van der Waals surface area contributed by atoms with E-state index in [-0.39, 0.29) is 5.91 Å². The van der Waals surface area contributed by atoms with Crippen LogP contribution in [0.5, 0.6) is 0 Å². The molecule has 5 nitrogen and oxygen atoms in total. The molecule has 1 aliphatic heterocycles. The van der Waals surface area contributed by atoms with Crippen molar-refractivity contribution in [3.63, 3.8) is 0 Å². The smallest absolute Gasteiger partial charge is 0.256 e. The summed E-state index contributed by atoms with van der Waals surface area (Å²) < 4.78 is 1.73. The van der Waals surface area contributed by atoms with Crippen molar-refractivity contribution in [2.45, 2.75) is 18.9 Å². The Morgan fingerprint density at radius 1 is 1.43 bits per heavy atom. The van der Waals surface area contributed by atoms with Gasteiger partial charge >= 0.3 is 0 Å². The van der Waals surface area contributed by atoms with Gasteiger partial charge in [-0.2, -0.15) is 5.10 Å². The number of likely N-dealkylation sites (N-methyl/N-ethyl adjacent to an activating group) is 1. The lowest BCUT2D eigenvalue weighted by Crippen LogP contribution is -2.38. The molecule has 1 atom stereocenters. The number of carbonyl (C=O) groups excluding carboxylic acids is 1. The molecule has 1 aliphatic rings. The molecule has 2 aromatic rings. The molecule has 3 rings (SSSR count). The molecule has 0 spiro atoms. The van der Waals surface area contributed by atoms with Crippen LogP contribution in [0, 0.1) is 0 Å². The molecule has 1 aromatic carbocycles. The molecule has 0 saturated carbocycles. The number of carbonyl (C=O) groups is 1. The van der Waals surface area contributed by atoms with Crippen molar-refractivity contribution in [1.82, 2.24) is 20.0 Å². The van der Waals surface area contributed by atoms with Crippen LogP contribution in [-0.4, -0.2) is 46.8 Å². The zero-order valence-electron chi connectivity index (χ0n) is 12.2. The van der Waals surface area contributed by atoms with Gasteiger partial charge in [0, 0.05) is 25.8 Å². The van der Waals surface area contributed by atoms with Crippen LogP contribution in [0.4, 0.5) is 0 Å². The maximum absolute atomic E-state index is 12.4. The monoisotopic (exact) mass is 284 g/mol. The summed E-state index contributed by atoms with van der Waals surface area (Å²) in [5.74, 6) is 0.0193. The van der Waals surface area contributed by atoms with Gasteiger partial charge in [-0.05, 0) is 31.5 Å². The second kappa shape index (κ2) is 6.10. The molecular formula is C16H20N4O. The summed E-state index contributed by atoms with van der Waals surface area (Å²) >= 11 is 0. The minimum Gasteiger partial charge on any atom is -0.340 e. The van der Waals surface area contributed by atoms with E-state index in [1.54, 1.807) is 22.0 Å². The number of nitrogens with one attached hydrogen (secondary N) is 1. The molecule has 0 radical (unpaired) electrons. The van der Waals surface area contributed by atoms with Crippen LogP contribution in [0.15, 0.2) is 42.7 Å². The summed E-state index contributed by atoms with van der Waals surface area (Å²) in [5, 5.41) is 7.69. The Morgan fingerprint density at radius 3 is 2.95 bits per heavy atom. The van der Waals surface area contributed by atoms with Crippen LogP contribution in [0.2, 0.25) is 0 Å². The van der Waals surface area contributed by atoms with Crippen LogP contribution in [0.25, 0.3) is 5.69 Å². The second-order valence-electron chi connectivity index (χ2n) is 5.49. The Morgan fingerprint density at radius 2 is 2.24 bits per heavy atom. The average Bonchev–Trinajstić information content (AvgIpc) is 3.18. The Bertz CT molecular complexity index is 602. The van der Waals surface area contributed by atoms with E-state index in [0.29, 0.717) is 11.6 Å². The molecule has 0 aliphatic carbocycles. The fourth-order valence-electron chi connectivity index (χ4n) is 2.70. The van der Waals surface area contributed by atoms with E-state index >= 15 is 0 Å². The normalized spacial score (nSPS) is 17.9. The van der Waals surface area contributed by atoms with Crippen LogP contribution in [0.3, 0.4) is 0 Å². The van der Waals surface area contributed by atoms with Crippen molar-refractivity contribution in [3.05, 3.63) is 48.3 Å². The van der Waals surface area contributed by atoms with Gasteiger partial charge in [-0.15, -0.1) is 0 Å². The number of aromatic nitrogens is 2. The number of hydrogen-bond donors (Lipinski definition) is 1. The first kappa shape index (κ1) is 13.8. The Kier molecular flexibility index (Phi) is 4.01. The van der Waals surface area contributed by atoms with Gasteiger partial charge in [0.15, 0.2) is 0 Å². The van der Waals surface area contributed by atoms with E-state index < -0.39 is 0 Å². The standard InChI is InChI=1S/C16H20N4O/c1-19(12-14-6-5-9-17-14)16(21)13-10-18-20(11-13)15-7-3-2-4-8-15/h2-4,7-8,10-11,14,17H,5-6,9,12H2,1H3. The first-order valence-electron chi connectivity index (χ1n) is 7.33. The van der Waals surface area contributed by atoms with Crippen LogP contribution in [0.1, 0.15) is 23.2 Å². The van der Waals surface area contributed by atoms with E-state index in [9.17, 15) is 4.79 Å². The molecule has 110 valence electrons. The van der Waals surface area contributed by atoms with Crippen molar-refractivity contribution in [3.8, 4) is 5.69 Å². The number of rotatable bonds is 4. The van der Waals surface area contributed by atoms with E-state index in [1.807, 2.05) is 37.4 Å². The quantitative estimate of drug-likeness (QED) is 0.929. The number of amides is 1. The molecule has 1 amide bonds. The predicted octanol–water partition coefficient (Wildman–Crippen LogP) is 1.70. The third-order valence-corrected chi connectivity index (χ3v) is 3.85. The lowest BCUT2D eigenvalue weighted by molar-refractivity contribution is 0.0784. The topological polar surface area (TPSA) is 50.2 Å². The lowest BCUT2D eigenvalue weighted by Gasteiger charge is -2.20. The van der Waals surface area contributed by atoms with Gasteiger partial charge in [-0.25, -0.2) is 4.68 Å². The van der Waals surface area contributed by atoms with Gasteiger partial charge in [0.05, 0.1) is 17.4 Å². The summed E-state index contributed by atoms with van der Waals surface area (Å²) in [6, 6.07) is 10.2. The van der Waals surface area contributed by atoms with E-state index in [2.05, 4.69) is 10.4 Å². The third kappa shape index (κ3) is 3.13. The van der Waals surface area contributed by atoms with Crippen molar-refractivity contribution in [2.24, 2.45) is 0 Å². The van der Waals surface area contributed by atoms with Gasteiger partial charge < -0.3 is 10.2 Å². The third-order valence-electron chi connectivity index (χ3n) is 3.85. The molecule has 1 unspecified atom stereocenters. The van der Waals surface area contributed by atoms with Crippen molar-refractivity contribution in [1.29, 1.82) is 0 Å². The molecule has 1 fully saturated rings. The van der Waals surface area contributed by atoms with Gasteiger partial charge in [0.2, 0.25) is 0 Å². The molecule has 1 saturated heterocycles. The van der Waals surface area contributed by atoms with E-state index in [0.717, 1.165) is 25.2 Å².